The quantitative estimate of drug-likeness (QED) is 0.859. The molecular weight excluding hydrogens is 273 g/mol. The first-order valence-corrected chi connectivity index (χ1v) is 6.48. The number of anilines is 1. The molecule has 1 N–H and O–H groups in total. The van der Waals surface area contributed by atoms with Gasteiger partial charge in [-0.15, -0.1) is 3.89 Å². The molecule has 0 unspecified atom stereocenters. The van der Waals surface area contributed by atoms with Gasteiger partial charge < -0.3 is 5.32 Å². The van der Waals surface area contributed by atoms with E-state index in [4.69, 9.17) is 0 Å². The minimum absolute atomic E-state index is 0.00596. The van der Waals surface area contributed by atoms with Crippen molar-refractivity contribution >= 4 is 21.8 Å². The van der Waals surface area contributed by atoms with Crippen LogP contribution in [-0.4, -0.2) is 24.3 Å². The van der Waals surface area contributed by atoms with E-state index in [0.717, 1.165) is 6.07 Å². The number of rotatable bonds is 3. The van der Waals surface area contributed by atoms with Gasteiger partial charge in [0.15, 0.2) is 0 Å². The molecule has 98 valence electrons. The molecule has 1 aromatic heterocycles. The number of para-hydroxylation sites is 1. The van der Waals surface area contributed by atoms with Crippen molar-refractivity contribution in [1.29, 1.82) is 0 Å². The highest BCUT2D eigenvalue weighted by Crippen LogP contribution is 2.22. The molecule has 2 rings (SSSR count). The Balaban J connectivity index is 2.33. The molecular formula is C11H8FN3O3S. The zero-order valence-corrected chi connectivity index (χ0v) is 10.3. The first-order valence-electron chi connectivity index (χ1n) is 5.09. The van der Waals surface area contributed by atoms with Gasteiger partial charge in [0.2, 0.25) is 0 Å². The lowest BCUT2D eigenvalue weighted by atomic mass is 10.3. The van der Waals surface area contributed by atoms with Crippen LogP contribution < -0.4 is 5.32 Å². The predicted molar refractivity (Wildman–Crippen MR) is 64.7 cm³/mol. The van der Waals surface area contributed by atoms with Crippen molar-refractivity contribution in [1.82, 2.24) is 9.97 Å². The third kappa shape index (κ3) is 3.10. The summed E-state index contributed by atoms with van der Waals surface area (Å²) in [5.41, 5.74) is -0.158. The Morgan fingerprint density at radius 2 is 1.95 bits per heavy atom. The van der Waals surface area contributed by atoms with Crippen LogP contribution in [-0.2, 0) is 10.2 Å². The number of nitrogens with zero attached hydrogens (tertiary/aromatic N) is 2. The van der Waals surface area contributed by atoms with Gasteiger partial charge in [-0.05, 0) is 12.1 Å². The molecule has 0 saturated heterocycles. The van der Waals surface area contributed by atoms with E-state index in [1.807, 2.05) is 0 Å². The molecule has 0 aliphatic heterocycles. The number of hydrogen-bond donors (Lipinski definition) is 1. The van der Waals surface area contributed by atoms with E-state index in [9.17, 15) is 17.1 Å². The average molecular weight is 281 g/mol. The summed E-state index contributed by atoms with van der Waals surface area (Å²) in [5.74, 6) is -0.677. The summed E-state index contributed by atoms with van der Waals surface area (Å²) in [6.45, 7) is 0. The monoisotopic (exact) mass is 281 g/mol. The molecule has 0 saturated carbocycles. The first-order chi connectivity index (χ1) is 8.98. The number of amides is 1. The Morgan fingerprint density at radius 1 is 1.21 bits per heavy atom. The third-order valence-electron chi connectivity index (χ3n) is 2.19. The van der Waals surface area contributed by atoms with Crippen LogP contribution >= 0.6 is 0 Å². The number of hydrogen-bond acceptors (Lipinski definition) is 5. The lowest BCUT2D eigenvalue weighted by Gasteiger charge is -2.07. The van der Waals surface area contributed by atoms with Crippen LogP contribution in [0.2, 0.25) is 0 Å². The van der Waals surface area contributed by atoms with Gasteiger partial charge in [-0.25, -0.2) is 4.98 Å². The van der Waals surface area contributed by atoms with Crippen LogP contribution in [0, 0.1) is 0 Å². The second kappa shape index (κ2) is 5.11. The molecule has 0 bridgehead atoms. The van der Waals surface area contributed by atoms with Gasteiger partial charge in [0.05, 0.1) is 11.9 Å². The minimum Gasteiger partial charge on any atom is -0.319 e. The summed E-state index contributed by atoms with van der Waals surface area (Å²) in [7, 11) is -4.91. The number of nitrogens with one attached hydrogen (secondary N) is 1. The largest absolute Gasteiger partial charge is 0.334 e. The molecule has 19 heavy (non-hydrogen) atoms. The van der Waals surface area contributed by atoms with Crippen molar-refractivity contribution in [2.45, 2.75) is 4.90 Å². The van der Waals surface area contributed by atoms with Crippen LogP contribution in [0.4, 0.5) is 9.57 Å². The van der Waals surface area contributed by atoms with Crippen molar-refractivity contribution in [2.24, 2.45) is 0 Å². The standard InChI is InChI=1S/C11H8FN3O3S/c12-19(17,18)10-4-2-1-3-8(10)15-11(16)9-7-13-5-6-14-9/h1-7H,(H,15,16). The molecule has 1 amide bonds. The summed E-state index contributed by atoms with van der Waals surface area (Å²) >= 11 is 0. The zero-order valence-electron chi connectivity index (χ0n) is 9.45. The Hall–Kier alpha value is -2.35. The molecule has 0 aliphatic carbocycles. The third-order valence-corrected chi connectivity index (χ3v) is 3.08. The SMILES string of the molecule is O=C(Nc1ccccc1S(=O)(=O)F)c1cnccn1. The Kier molecular flexibility index (Phi) is 3.52. The zero-order chi connectivity index (χ0) is 13.9. The van der Waals surface area contributed by atoms with E-state index in [1.54, 1.807) is 0 Å². The van der Waals surface area contributed by atoms with Crippen molar-refractivity contribution in [3.8, 4) is 0 Å². The summed E-state index contributed by atoms with van der Waals surface area (Å²) < 4.78 is 34.9. The lowest BCUT2D eigenvalue weighted by molar-refractivity contribution is 0.102. The first kappa shape index (κ1) is 13.1. The summed E-state index contributed by atoms with van der Waals surface area (Å²) in [6, 6.07) is 5.16. The van der Waals surface area contributed by atoms with Gasteiger partial charge in [-0.1, -0.05) is 12.1 Å². The molecule has 1 aromatic carbocycles. The van der Waals surface area contributed by atoms with E-state index >= 15 is 0 Å². The van der Waals surface area contributed by atoms with E-state index in [2.05, 4.69) is 15.3 Å². The van der Waals surface area contributed by atoms with E-state index in [-0.39, 0.29) is 11.4 Å². The second-order valence-electron chi connectivity index (χ2n) is 3.48. The van der Waals surface area contributed by atoms with Crippen LogP contribution in [0.3, 0.4) is 0 Å². The molecule has 0 radical (unpaired) electrons. The van der Waals surface area contributed by atoms with Crippen LogP contribution in [0.5, 0.6) is 0 Å². The van der Waals surface area contributed by atoms with Crippen LogP contribution in [0.1, 0.15) is 10.5 Å². The fourth-order valence-corrected chi connectivity index (χ4v) is 2.01. The lowest BCUT2D eigenvalue weighted by Crippen LogP contribution is -2.15. The fourth-order valence-electron chi connectivity index (χ4n) is 1.39. The van der Waals surface area contributed by atoms with Gasteiger partial charge in [-0.3, -0.25) is 9.78 Å². The summed E-state index contributed by atoms with van der Waals surface area (Å²) in [4.78, 5) is 18.6. The Morgan fingerprint density at radius 3 is 2.58 bits per heavy atom. The second-order valence-corrected chi connectivity index (χ2v) is 4.79. The van der Waals surface area contributed by atoms with Gasteiger partial charge in [-0.2, -0.15) is 8.42 Å². The predicted octanol–water partition coefficient (Wildman–Crippen LogP) is 1.39. The number of aromatic nitrogens is 2. The summed E-state index contributed by atoms with van der Waals surface area (Å²) in [5, 5.41) is 2.27. The van der Waals surface area contributed by atoms with E-state index in [1.165, 1.54) is 36.8 Å². The molecule has 6 nitrogen and oxygen atoms in total. The molecule has 0 atom stereocenters. The molecule has 0 aliphatic rings. The Bertz CT molecular complexity index is 704. The number of halogens is 1. The van der Waals surface area contributed by atoms with Crippen LogP contribution in [0.15, 0.2) is 47.8 Å². The molecule has 0 fully saturated rings. The summed E-state index contributed by atoms with van der Waals surface area (Å²) in [6.07, 6.45) is 3.91. The fraction of sp³-hybridized carbons (Fsp3) is 0. The van der Waals surface area contributed by atoms with Gasteiger partial charge in [0.1, 0.15) is 10.6 Å². The van der Waals surface area contributed by atoms with Crippen LogP contribution in [0.25, 0.3) is 0 Å². The maximum Gasteiger partial charge on any atom is 0.334 e. The molecule has 2 aromatic rings. The van der Waals surface area contributed by atoms with Gasteiger partial charge in [0.25, 0.3) is 5.91 Å². The van der Waals surface area contributed by atoms with Crippen molar-refractivity contribution in [2.75, 3.05) is 5.32 Å². The number of benzene rings is 1. The van der Waals surface area contributed by atoms with Crippen molar-refractivity contribution < 1.29 is 17.1 Å². The van der Waals surface area contributed by atoms with E-state index < -0.39 is 21.0 Å². The molecule has 0 spiro atoms. The number of carbonyl (C=O) groups is 1. The average Bonchev–Trinajstić information content (AvgIpc) is 2.39. The normalized spacial score (nSPS) is 11.0. The molecule has 8 heteroatoms. The highest BCUT2D eigenvalue weighted by Gasteiger charge is 2.18. The molecule has 1 heterocycles. The van der Waals surface area contributed by atoms with Gasteiger partial charge in [0, 0.05) is 12.4 Å². The smallest absolute Gasteiger partial charge is 0.319 e. The highest BCUT2D eigenvalue weighted by molar-refractivity contribution is 7.86. The van der Waals surface area contributed by atoms with E-state index in [0.29, 0.717) is 0 Å². The van der Waals surface area contributed by atoms with Crippen molar-refractivity contribution in [3.63, 3.8) is 0 Å². The maximum atomic E-state index is 13.0. The number of carbonyl (C=O) groups excluding carboxylic acids is 1. The Labute approximate surface area is 108 Å². The maximum absolute atomic E-state index is 13.0. The topological polar surface area (TPSA) is 89.0 Å². The minimum atomic E-state index is -4.91. The van der Waals surface area contributed by atoms with Crippen molar-refractivity contribution in [3.05, 3.63) is 48.5 Å². The van der Waals surface area contributed by atoms with Gasteiger partial charge >= 0.3 is 10.2 Å². The highest BCUT2D eigenvalue weighted by atomic mass is 32.3.